The van der Waals surface area contributed by atoms with E-state index in [0.717, 1.165) is 4.47 Å². The third kappa shape index (κ3) is 5.87. The van der Waals surface area contributed by atoms with Crippen molar-refractivity contribution in [1.29, 1.82) is 0 Å². The van der Waals surface area contributed by atoms with Gasteiger partial charge in [0.15, 0.2) is 5.13 Å². The second-order valence-electron chi connectivity index (χ2n) is 5.46. The highest BCUT2D eigenvalue weighted by Crippen LogP contribution is 2.18. The third-order valence-electron chi connectivity index (χ3n) is 3.34. The summed E-state index contributed by atoms with van der Waals surface area (Å²) in [5, 5.41) is 10.00. The highest BCUT2D eigenvalue weighted by Gasteiger charge is 2.10. The van der Waals surface area contributed by atoms with E-state index in [0.29, 0.717) is 22.2 Å². The van der Waals surface area contributed by atoms with Gasteiger partial charge in [0.05, 0.1) is 12.1 Å². The van der Waals surface area contributed by atoms with E-state index < -0.39 is 6.03 Å². The second-order valence-corrected chi connectivity index (χ2v) is 7.24. The number of aromatic nitrogens is 1. The highest BCUT2D eigenvalue weighted by molar-refractivity contribution is 9.10. The number of hydrogen-bond donors (Lipinski definition) is 3. The number of nitrogens with zero attached hydrogens (tertiary/aromatic N) is 1. The molecule has 3 amide bonds. The van der Waals surface area contributed by atoms with Crippen LogP contribution in [0.1, 0.15) is 5.69 Å². The molecule has 0 spiro atoms. The zero-order valence-electron chi connectivity index (χ0n) is 13.8. The summed E-state index contributed by atoms with van der Waals surface area (Å²) in [4.78, 5) is 28.2. The molecule has 0 saturated carbocycles. The zero-order valence-corrected chi connectivity index (χ0v) is 16.2. The summed E-state index contributed by atoms with van der Waals surface area (Å²) in [6, 6.07) is 12.2. The smallest absolute Gasteiger partial charge is 0.325 e. The topological polar surface area (TPSA) is 83.1 Å². The number of thiazole rings is 1. The van der Waals surface area contributed by atoms with Crippen LogP contribution in [0.5, 0.6) is 0 Å². The van der Waals surface area contributed by atoms with E-state index in [1.54, 1.807) is 17.5 Å². The number of carbonyl (C=O) groups excluding carboxylic acids is 2. The molecule has 138 valence electrons. The molecular weight excluding hydrogens is 435 g/mol. The molecule has 0 aliphatic heterocycles. The average Bonchev–Trinajstić information content (AvgIpc) is 3.05. The van der Waals surface area contributed by atoms with E-state index in [9.17, 15) is 14.0 Å². The van der Waals surface area contributed by atoms with Gasteiger partial charge in [0.2, 0.25) is 5.91 Å². The maximum Gasteiger partial charge on any atom is 0.325 e. The van der Waals surface area contributed by atoms with Gasteiger partial charge in [0, 0.05) is 21.2 Å². The molecule has 9 heteroatoms. The lowest BCUT2D eigenvalue weighted by molar-refractivity contribution is -0.115. The molecule has 1 aromatic heterocycles. The van der Waals surface area contributed by atoms with Crippen LogP contribution in [0.25, 0.3) is 0 Å². The Morgan fingerprint density at radius 1 is 0.963 bits per heavy atom. The van der Waals surface area contributed by atoms with Gasteiger partial charge < -0.3 is 10.6 Å². The monoisotopic (exact) mass is 448 g/mol. The van der Waals surface area contributed by atoms with Crippen LogP contribution >= 0.6 is 27.3 Å². The minimum atomic E-state index is -0.498. The first-order valence-corrected chi connectivity index (χ1v) is 9.48. The van der Waals surface area contributed by atoms with Crippen LogP contribution in [-0.2, 0) is 11.2 Å². The molecule has 1 heterocycles. The fraction of sp³-hybridized carbons (Fsp3) is 0.0556. The Kier molecular flexibility index (Phi) is 6.15. The van der Waals surface area contributed by atoms with Gasteiger partial charge in [-0.3, -0.25) is 10.1 Å². The summed E-state index contributed by atoms with van der Waals surface area (Å²) in [7, 11) is 0. The summed E-state index contributed by atoms with van der Waals surface area (Å²) in [5.41, 5.74) is 1.70. The van der Waals surface area contributed by atoms with Crippen molar-refractivity contribution in [3.05, 3.63) is 69.9 Å². The Bertz CT molecular complexity index is 869. The molecule has 0 bridgehead atoms. The third-order valence-corrected chi connectivity index (χ3v) is 4.68. The van der Waals surface area contributed by atoms with Crippen LogP contribution < -0.4 is 16.0 Å². The van der Waals surface area contributed by atoms with Gasteiger partial charge in [-0.25, -0.2) is 14.2 Å². The number of anilines is 3. The van der Waals surface area contributed by atoms with Crippen molar-refractivity contribution in [1.82, 2.24) is 4.98 Å². The van der Waals surface area contributed by atoms with Crippen LogP contribution in [0, 0.1) is 5.82 Å². The van der Waals surface area contributed by atoms with Crippen LogP contribution in [-0.4, -0.2) is 16.9 Å². The minimum absolute atomic E-state index is 0.0911. The Morgan fingerprint density at radius 2 is 1.59 bits per heavy atom. The predicted molar refractivity (Wildman–Crippen MR) is 108 cm³/mol. The van der Waals surface area contributed by atoms with E-state index in [4.69, 9.17) is 0 Å². The number of carbonyl (C=O) groups is 2. The van der Waals surface area contributed by atoms with Crippen LogP contribution in [0.15, 0.2) is 58.4 Å². The van der Waals surface area contributed by atoms with Gasteiger partial charge in [-0.15, -0.1) is 11.3 Å². The summed E-state index contributed by atoms with van der Waals surface area (Å²) in [6.07, 6.45) is 0.0911. The number of rotatable bonds is 5. The van der Waals surface area contributed by atoms with Gasteiger partial charge in [0.25, 0.3) is 0 Å². The molecule has 6 nitrogen and oxygen atoms in total. The van der Waals surface area contributed by atoms with Crippen molar-refractivity contribution in [2.75, 3.05) is 16.0 Å². The Hall–Kier alpha value is -2.78. The molecular formula is C18H14BrFN4O2S. The first-order chi connectivity index (χ1) is 13.0. The fourth-order valence-electron chi connectivity index (χ4n) is 2.14. The molecule has 0 saturated heterocycles. The van der Waals surface area contributed by atoms with Crippen LogP contribution in [0.4, 0.5) is 25.7 Å². The predicted octanol–water partition coefficient (Wildman–Crippen LogP) is 4.87. The first-order valence-electron chi connectivity index (χ1n) is 7.81. The summed E-state index contributed by atoms with van der Waals surface area (Å²) in [6.45, 7) is 0. The maximum atomic E-state index is 12.9. The molecule has 0 radical (unpaired) electrons. The molecule has 3 rings (SSSR count). The highest BCUT2D eigenvalue weighted by atomic mass is 79.9. The molecule has 0 fully saturated rings. The van der Waals surface area contributed by atoms with Crippen molar-refractivity contribution in [2.24, 2.45) is 0 Å². The molecule has 3 aromatic rings. The molecule has 0 aliphatic rings. The Labute approximate surface area is 167 Å². The largest absolute Gasteiger partial charge is 0.326 e. The molecule has 2 aromatic carbocycles. The van der Waals surface area contributed by atoms with Crippen LogP contribution in [0.2, 0.25) is 0 Å². The van der Waals surface area contributed by atoms with E-state index in [2.05, 4.69) is 36.9 Å². The molecule has 27 heavy (non-hydrogen) atoms. The number of nitrogens with one attached hydrogen (secondary N) is 3. The SMILES string of the molecule is O=C(Cc1csc(NC(=O)Nc2ccc(F)cc2)n1)Nc1ccc(Br)cc1. The summed E-state index contributed by atoms with van der Waals surface area (Å²) >= 11 is 4.55. The second kappa shape index (κ2) is 8.74. The van der Waals surface area contributed by atoms with Crippen molar-refractivity contribution in [3.63, 3.8) is 0 Å². The molecule has 0 aliphatic carbocycles. The number of amides is 3. The first kappa shape index (κ1) is 19.0. The lowest BCUT2D eigenvalue weighted by atomic mass is 10.3. The molecule has 3 N–H and O–H groups in total. The van der Waals surface area contributed by atoms with Crippen molar-refractivity contribution >= 4 is 55.7 Å². The average molecular weight is 449 g/mol. The Morgan fingerprint density at radius 3 is 2.30 bits per heavy atom. The minimum Gasteiger partial charge on any atom is -0.326 e. The van der Waals surface area contributed by atoms with Gasteiger partial charge in [-0.2, -0.15) is 0 Å². The van der Waals surface area contributed by atoms with E-state index in [-0.39, 0.29) is 18.1 Å². The maximum absolute atomic E-state index is 12.9. The quantitative estimate of drug-likeness (QED) is 0.520. The summed E-state index contributed by atoms with van der Waals surface area (Å²) in [5.74, 6) is -0.586. The summed E-state index contributed by atoms with van der Waals surface area (Å²) < 4.78 is 13.8. The molecule has 0 unspecified atom stereocenters. The van der Waals surface area contributed by atoms with Crippen molar-refractivity contribution in [3.8, 4) is 0 Å². The van der Waals surface area contributed by atoms with Crippen molar-refractivity contribution < 1.29 is 14.0 Å². The van der Waals surface area contributed by atoms with Gasteiger partial charge in [-0.05, 0) is 48.5 Å². The molecule has 0 atom stereocenters. The van der Waals surface area contributed by atoms with Crippen LogP contribution in [0.3, 0.4) is 0 Å². The zero-order chi connectivity index (χ0) is 19.2. The Balaban J connectivity index is 1.51. The van der Waals surface area contributed by atoms with Gasteiger partial charge >= 0.3 is 6.03 Å². The van der Waals surface area contributed by atoms with E-state index in [1.165, 1.54) is 35.6 Å². The number of benzene rings is 2. The van der Waals surface area contributed by atoms with Gasteiger partial charge in [-0.1, -0.05) is 15.9 Å². The number of hydrogen-bond acceptors (Lipinski definition) is 4. The number of urea groups is 1. The fourth-order valence-corrected chi connectivity index (χ4v) is 3.11. The lowest BCUT2D eigenvalue weighted by Gasteiger charge is -2.05. The van der Waals surface area contributed by atoms with Crippen molar-refractivity contribution in [2.45, 2.75) is 6.42 Å². The lowest BCUT2D eigenvalue weighted by Crippen LogP contribution is -2.19. The van der Waals surface area contributed by atoms with E-state index >= 15 is 0 Å². The number of halogens is 2. The normalized spacial score (nSPS) is 10.3. The standard InChI is InChI=1S/C18H14BrFN4O2S/c19-11-1-5-13(6-2-11)21-16(25)9-15-10-27-18(23-15)24-17(26)22-14-7-3-12(20)4-8-14/h1-8,10H,9H2,(H,21,25)(H2,22,23,24,26). The van der Waals surface area contributed by atoms with E-state index in [1.807, 2.05) is 12.1 Å². The van der Waals surface area contributed by atoms with Gasteiger partial charge in [0.1, 0.15) is 5.82 Å².